The van der Waals surface area contributed by atoms with Gasteiger partial charge in [-0.1, -0.05) is 6.92 Å². The van der Waals surface area contributed by atoms with Crippen molar-refractivity contribution in [2.45, 2.75) is 23.6 Å². The van der Waals surface area contributed by atoms with E-state index in [-0.39, 0.29) is 10.3 Å². The van der Waals surface area contributed by atoms with Crippen molar-refractivity contribution in [2.75, 3.05) is 5.73 Å². The maximum atomic E-state index is 12.1. The van der Waals surface area contributed by atoms with Crippen molar-refractivity contribution < 1.29 is 8.42 Å². The Labute approximate surface area is 114 Å². The molecule has 0 spiro atoms. The van der Waals surface area contributed by atoms with Crippen LogP contribution in [0.2, 0.25) is 0 Å². The van der Waals surface area contributed by atoms with Crippen LogP contribution in [0.15, 0.2) is 27.2 Å². The van der Waals surface area contributed by atoms with Crippen molar-refractivity contribution in [3.05, 3.63) is 28.0 Å². The summed E-state index contributed by atoms with van der Waals surface area (Å²) in [4.78, 5) is 4.14. The number of thiophene rings is 1. The van der Waals surface area contributed by atoms with E-state index in [0.717, 1.165) is 16.3 Å². The zero-order valence-corrected chi connectivity index (χ0v) is 12.1. The van der Waals surface area contributed by atoms with Gasteiger partial charge in [-0.05, 0) is 12.5 Å². The highest BCUT2D eigenvalue weighted by molar-refractivity contribution is 7.91. The topological polar surface area (TPSA) is 85.1 Å². The molecule has 0 radical (unpaired) electrons. The smallest absolute Gasteiger partial charge is 0.250 e. The van der Waals surface area contributed by atoms with Gasteiger partial charge in [-0.2, -0.15) is 0 Å². The summed E-state index contributed by atoms with van der Waals surface area (Å²) < 4.78 is 27.1. The number of nitrogens with one attached hydrogen (secondary N) is 1. The predicted octanol–water partition coefficient (Wildman–Crippen LogP) is 2.22. The molecule has 0 aromatic carbocycles. The quantitative estimate of drug-likeness (QED) is 0.887. The van der Waals surface area contributed by atoms with Crippen LogP contribution in [-0.2, 0) is 10.0 Å². The number of rotatable bonds is 5. The van der Waals surface area contributed by atoms with E-state index in [1.165, 1.54) is 17.4 Å². The zero-order chi connectivity index (χ0) is 13.2. The molecule has 0 aliphatic carbocycles. The zero-order valence-electron chi connectivity index (χ0n) is 9.66. The minimum atomic E-state index is -3.52. The van der Waals surface area contributed by atoms with Gasteiger partial charge in [0.15, 0.2) is 0 Å². The van der Waals surface area contributed by atoms with Gasteiger partial charge in [-0.15, -0.1) is 22.7 Å². The van der Waals surface area contributed by atoms with Gasteiger partial charge < -0.3 is 5.73 Å². The molecule has 0 amide bonds. The lowest BCUT2D eigenvalue weighted by molar-refractivity contribution is 0.551. The molecule has 2 aromatic heterocycles. The Morgan fingerprint density at radius 2 is 2.28 bits per heavy atom. The third-order valence-electron chi connectivity index (χ3n) is 2.32. The number of anilines is 1. The molecule has 18 heavy (non-hydrogen) atoms. The summed E-state index contributed by atoms with van der Waals surface area (Å²) in [5.41, 5.74) is 6.00. The highest BCUT2D eigenvalue weighted by Crippen LogP contribution is 2.25. The summed E-state index contributed by atoms with van der Waals surface area (Å²) in [6.45, 7) is 1.91. The SMILES string of the molecule is CCC(NS(=O)(=O)c1cc(N)cs1)c1nccs1. The second-order valence-electron chi connectivity index (χ2n) is 3.65. The van der Waals surface area contributed by atoms with Crippen molar-refractivity contribution in [1.29, 1.82) is 0 Å². The van der Waals surface area contributed by atoms with Crippen molar-refractivity contribution in [3.63, 3.8) is 0 Å². The van der Waals surface area contributed by atoms with Crippen LogP contribution in [0.1, 0.15) is 24.4 Å². The Morgan fingerprint density at radius 3 is 2.78 bits per heavy atom. The first-order valence-corrected chi connectivity index (χ1v) is 8.53. The molecule has 0 fully saturated rings. The number of nitrogens with two attached hydrogens (primary N) is 1. The van der Waals surface area contributed by atoms with Crippen LogP contribution in [-0.4, -0.2) is 13.4 Å². The van der Waals surface area contributed by atoms with E-state index in [1.54, 1.807) is 11.6 Å². The molecular formula is C10H13N3O2S3. The minimum Gasteiger partial charge on any atom is -0.398 e. The number of aromatic nitrogens is 1. The number of thiazole rings is 1. The van der Waals surface area contributed by atoms with Crippen LogP contribution in [0.3, 0.4) is 0 Å². The summed E-state index contributed by atoms with van der Waals surface area (Å²) in [7, 11) is -3.52. The van der Waals surface area contributed by atoms with Gasteiger partial charge in [0.05, 0.1) is 6.04 Å². The Kier molecular flexibility index (Phi) is 4.00. The third kappa shape index (κ3) is 2.89. The molecule has 0 bridgehead atoms. The summed E-state index contributed by atoms with van der Waals surface area (Å²) in [6, 6.07) is 1.17. The normalized spacial score (nSPS) is 13.6. The fourth-order valence-electron chi connectivity index (χ4n) is 1.43. The fourth-order valence-corrected chi connectivity index (χ4v) is 4.66. The lowest BCUT2D eigenvalue weighted by Gasteiger charge is -2.13. The van der Waals surface area contributed by atoms with Crippen LogP contribution in [0.4, 0.5) is 5.69 Å². The standard InChI is InChI=1S/C10H13N3O2S3/c1-2-8(10-12-3-4-16-10)13-18(14,15)9-5-7(11)6-17-9/h3-6,8,13H,2,11H2,1H3. The summed E-state index contributed by atoms with van der Waals surface area (Å²) in [5, 5.41) is 4.21. The van der Waals surface area contributed by atoms with Crippen molar-refractivity contribution in [1.82, 2.24) is 9.71 Å². The van der Waals surface area contributed by atoms with E-state index in [1.807, 2.05) is 12.3 Å². The van der Waals surface area contributed by atoms with Gasteiger partial charge >= 0.3 is 0 Å². The Hall–Kier alpha value is -0.960. The molecule has 0 aliphatic heterocycles. The second kappa shape index (κ2) is 5.35. The van der Waals surface area contributed by atoms with E-state index in [9.17, 15) is 8.42 Å². The van der Waals surface area contributed by atoms with Gasteiger partial charge in [-0.25, -0.2) is 18.1 Å². The first-order valence-electron chi connectivity index (χ1n) is 5.28. The molecule has 3 N–H and O–H groups in total. The molecule has 2 heterocycles. The molecule has 8 heteroatoms. The van der Waals surface area contributed by atoms with E-state index >= 15 is 0 Å². The minimum absolute atomic E-state index is 0.231. The lowest BCUT2D eigenvalue weighted by Crippen LogP contribution is -2.27. The van der Waals surface area contributed by atoms with E-state index < -0.39 is 10.0 Å². The molecule has 2 rings (SSSR count). The van der Waals surface area contributed by atoms with Crippen molar-refractivity contribution in [2.24, 2.45) is 0 Å². The van der Waals surface area contributed by atoms with Gasteiger partial charge in [-0.3, -0.25) is 0 Å². The Bertz CT molecular complexity index is 604. The monoisotopic (exact) mass is 303 g/mol. The Balaban J connectivity index is 2.22. The maximum Gasteiger partial charge on any atom is 0.250 e. The number of hydrogen-bond donors (Lipinski definition) is 2. The molecule has 0 saturated heterocycles. The molecule has 0 aliphatic rings. The fraction of sp³-hybridized carbons (Fsp3) is 0.300. The molecule has 2 aromatic rings. The van der Waals surface area contributed by atoms with Gasteiger partial charge in [0, 0.05) is 22.6 Å². The number of hydrogen-bond acceptors (Lipinski definition) is 6. The number of nitrogen functional groups attached to an aromatic ring is 1. The molecule has 0 saturated carbocycles. The molecule has 5 nitrogen and oxygen atoms in total. The van der Waals surface area contributed by atoms with Crippen LogP contribution in [0, 0.1) is 0 Å². The highest BCUT2D eigenvalue weighted by Gasteiger charge is 2.23. The summed E-state index contributed by atoms with van der Waals surface area (Å²) in [5.74, 6) is 0. The van der Waals surface area contributed by atoms with Crippen LogP contribution < -0.4 is 10.5 Å². The maximum absolute atomic E-state index is 12.1. The third-order valence-corrected chi connectivity index (χ3v) is 6.13. The average molecular weight is 303 g/mol. The van der Waals surface area contributed by atoms with Crippen LogP contribution in [0.5, 0.6) is 0 Å². The summed E-state index contributed by atoms with van der Waals surface area (Å²) >= 11 is 2.55. The molecule has 1 atom stereocenters. The van der Waals surface area contributed by atoms with Gasteiger partial charge in [0.25, 0.3) is 10.0 Å². The molecule has 98 valence electrons. The van der Waals surface area contributed by atoms with Crippen LogP contribution >= 0.6 is 22.7 Å². The predicted molar refractivity (Wildman–Crippen MR) is 74.2 cm³/mol. The highest BCUT2D eigenvalue weighted by atomic mass is 32.2. The lowest BCUT2D eigenvalue weighted by atomic mass is 10.3. The summed E-state index contributed by atoms with van der Waals surface area (Å²) in [6.07, 6.45) is 2.31. The first-order chi connectivity index (χ1) is 8.53. The van der Waals surface area contributed by atoms with E-state index in [4.69, 9.17) is 5.73 Å². The van der Waals surface area contributed by atoms with E-state index in [2.05, 4.69) is 9.71 Å². The molecular weight excluding hydrogens is 290 g/mol. The van der Waals surface area contributed by atoms with Gasteiger partial charge in [0.1, 0.15) is 9.22 Å². The second-order valence-corrected chi connectivity index (χ2v) is 7.43. The van der Waals surface area contributed by atoms with Crippen LogP contribution in [0.25, 0.3) is 0 Å². The van der Waals surface area contributed by atoms with Crippen molar-refractivity contribution in [3.8, 4) is 0 Å². The van der Waals surface area contributed by atoms with E-state index in [0.29, 0.717) is 12.1 Å². The van der Waals surface area contributed by atoms with Gasteiger partial charge in [0.2, 0.25) is 0 Å². The average Bonchev–Trinajstić information content (AvgIpc) is 2.96. The molecule has 1 unspecified atom stereocenters. The largest absolute Gasteiger partial charge is 0.398 e. The number of sulfonamides is 1. The first kappa shape index (κ1) is 13.5. The number of nitrogens with zero attached hydrogens (tertiary/aromatic N) is 1. The Morgan fingerprint density at radius 1 is 1.50 bits per heavy atom. The van der Waals surface area contributed by atoms with Crippen molar-refractivity contribution >= 4 is 38.4 Å².